The average Bonchev–Trinajstić information content (AvgIpc) is 2.95. The predicted molar refractivity (Wildman–Crippen MR) is 155 cm³/mol. The van der Waals surface area contributed by atoms with E-state index >= 15 is 0 Å². The molecule has 0 fully saturated rings. The lowest BCUT2D eigenvalue weighted by Crippen LogP contribution is -2.58. The molecule has 0 aliphatic rings. The van der Waals surface area contributed by atoms with E-state index in [9.17, 15) is 39.3 Å². The number of carboxylic acids is 1. The minimum Gasteiger partial charge on any atom is -0.480 e. The van der Waals surface area contributed by atoms with Crippen LogP contribution < -0.4 is 27.0 Å². The van der Waals surface area contributed by atoms with Crippen LogP contribution >= 0.6 is 0 Å². The Hall–Kier alpha value is -2.77. The molecule has 3 unspecified atom stereocenters. The number of aliphatic carboxylic acids is 1. The van der Waals surface area contributed by atoms with Crippen LogP contribution in [0.4, 0.5) is 0 Å². The van der Waals surface area contributed by atoms with Gasteiger partial charge in [0.2, 0.25) is 23.6 Å². The number of hydrogen-bond acceptors (Lipinski definition) is 8. The van der Waals surface area contributed by atoms with Crippen LogP contribution in [-0.4, -0.2) is 89.3 Å². The van der Waals surface area contributed by atoms with Crippen LogP contribution in [0.2, 0.25) is 0 Å². The molecule has 13 heteroatoms. The van der Waals surface area contributed by atoms with Crippen molar-refractivity contribution in [3.05, 3.63) is 0 Å². The molecule has 0 aliphatic heterocycles. The van der Waals surface area contributed by atoms with Crippen LogP contribution in [-0.2, 0) is 24.0 Å². The summed E-state index contributed by atoms with van der Waals surface area (Å²) >= 11 is 0. The number of nitrogens with one attached hydrogen (secondary N) is 4. The van der Waals surface area contributed by atoms with Gasteiger partial charge in [-0.1, -0.05) is 71.1 Å². The zero-order valence-electron chi connectivity index (χ0n) is 24.6. The maximum Gasteiger partial charge on any atom is 0.326 e. The summed E-state index contributed by atoms with van der Waals surface area (Å²) in [5.41, 5.74) is 5.39. The van der Waals surface area contributed by atoms with Gasteiger partial charge in [0.05, 0.1) is 19.8 Å². The third-order valence-corrected chi connectivity index (χ3v) is 6.66. The van der Waals surface area contributed by atoms with Gasteiger partial charge in [-0.2, -0.15) is 0 Å². The van der Waals surface area contributed by atoms with Gasteiger partial charge < -0.3 is 42.3 Å². The normalized spacial score (nSPS) is 13.1. The van der Waals surface area contributed by atoms with Crippen LogP contribution in [0.25, 0.3) is 0 Å². The molecule has 0 aromatic carbocycles. The first kappa shape index (κ1) is 38.2. The average molecular weight is 588 g/mol. The Labute approximate surface area is 243 Å². The number of hydrogen-bond donors (Lipinski definition) is 8. The second kappa shape index (κ2) is 25.0. The zero-order valence-corrected chi connectivity index (χ0v) is 24.6. The standard InChI is InChI=1S/C28H53N5O8/c1-2-3-4-5-6-7-8-9-10-11-12-16-24(36)30-18-25(37)31-22(19-34)26(38)33-23(20-35)27(39)32-21(28(40)41)15-13-14-17-29/h21-23,34-35H,2-20,29H2,1H3,(H,30,36)(H,31,37)(H,32,39)(H,33,38)(H,40,41). The summed E-state index contributed by atoms with van der Waals surface area (Å²) in [4.78, 5) is 60.5. The van der Waals surface area contributed by atoms with E-state index in [4.69, 9.17) is 5.73 Å². The Morgan fingerprint density at radius 2 is 1.12 bits per heavy atom. The number of unbranched alkanes of at least 4 members (excludes halogenated alkanes) is 11. The van der Waals surface area contributed by atoms with Gasteiger partial charge in [-0.25, -0.2) is 4.79 Å². The molecule has 0 aromatic rings. The molecule has 0 spiro atoms. The molecule has 0 rings (SSSR count). The number of aliphatic hydroxyl groups is 2. The Bertz CT molecular complexity index is 768. The quantitative estimate of drug-likeness (QED) is 0.0658. The highest BCUT2D eigenvalue weighted by molar-refractivity contribution is 5.94. The van der Waals surface area contributed by atoms with Gasteiger partial charge in [0.1, 0.15) is 18.1 Å². The van der Waals surface area contributed by atoms with E-state index in [1.54, 1.807) is 0 Å². The first-order valence-electron chi connectivity index (χ1n) is 15.0. The van der Waals surface area contributed by atoms with Crippen molar-refractivity contribution >= 4 is 29.6 Å². The molecule has 0 saturated carbocycles. The molecule has 4 amide bonds. The first-order chi connectivity index (χ1) is 19.7. The second-order valence-corrected chi connectivity index (χ2v) is 10.3. The summed E-state index contributed by atoms with van der Waals surface area (Å²) in [6, 6.07) is -4.19. The largest absolute Gasteiger partial charge is 0.480 e. The molecule has 238 valence electrons. The molecular formula is C28H53N5O8. The fourth-order valence-electron chi connectivity index (χ4n) is 4.15. The third kappa shape index (κ3) is 19.9. The zero-order chi connectivity index (χ0) is 30.9. The maximum absolute atomic E-state index is 12.5. The molecule has 0 saturated heterocycles. The minimum atomic E-state index is -1.50. The smallest absolute Gasteiger partial charge is 0.326 e. The van der Waals surface area contributed by atoms with Crippen molar-refractivity contribution < 1.29 is 39.3 Å². The summed E-state index contributed by atoms with van der Waals surface area (Å²) < 4.78 is 0. The van der Waals surface area contributed by atoms with E-state index in [-0.39, 0.29) is 18.7 Å². The van der Waals surface area contributed by atoms with Crippen LogP contribution in [0.3, 0.4) is 0 Å². The Kier molecular flexibility index (Phi) is 23.3. The van der Waals surface area contributed by atoms with Crippen LogP contribution in [0.1, 0.15) is 103 Å². The summed E-state index contributed by atoms with van der Waals surface area (Å²) in [6.45, 7) is 0.536. The number of aliphatic hydroxyl groups excluding tert-OH is 2. The van der Waals surface area contributed by atoms with E-state index in [2.05, 4.69) is 28.2 Å². The first-order valence-corrected chi connectivity index (χ1v) is 15.0. The lowest BCUT2D eigenvalue weighted by molar-refractivity contribution is -0.142. The van der Waals surface area contributed by atoms with Crippen molar-refractivity contribution in [2.45, 2.75) is 121 Å². The molecule has 0 radical (unpaired) electrons. The van der Waals surface area contributed by atoms with Gasteiger partial charge in [-0.05, 0) is 32.2 Å². The molecule has 41 heavy (non-hydrogen) atoms. The highest BCUT2D eigenvalue weighted by Gasteiger charge is 2.28. The summed E-state index contributed by atoms with van der Waals surface area (Å²) in [5.74, 6) is -4.18. The molecule has 3 atom stereocenters. The van der Waals surface area contributed by atoms with Gasteiger partial charge in [0, 0.05) is 6.42 Å². The highest BCUT2D eigenvalue weighted by atomic mass is 16.4. The van der Waals surface area contributed by atoms with E-state index in [1.165, 1.54) is 44.9 Å². The Balaban J connectivity index is 4.34. The Morgan fingerprint density at radius 1 is 0.634 bits per heavy atom. The minimum absolute atomic E-state index is 0.116. The topological polar surface area (TPSA) is 220 Å². The number of carboxylic acid groups (broad SMARTS) is 1. The summed E-state index contributed by atoms with van der Waals surface area (Å²) in [5, 5.41) is 37.5. The van der Waals surface area contributed by atoms with E-state index < -0.39 is 61.6 Å². The number of carbonyl (C=O) groups is 5. The fourth-order valence-corrected chi connectivity index (χ4v) is 4.15. The van der Waals surface area contributed by atoms with E-state index in [0.29, 0.717) is 25.8 Å². The second-order valence-electron chi connectivity index (χ2n) is 10.3. The van der Waals surface area contributed by atoms with Gasteiger partial charge >= 0.3 is 5.97 Å². The molecule has 9 N–H and O–H groups in total. The van der Waals surface area contributed by atoms with Crippen molar-refractivity contribution in [1.29, 1.82) is 0 Å². The van der Waals surface area contributed by atoms with Crippen LogP contribution in [0.5, 0.6) is 0 Å². The van der Waals surface area contributed by atoms with Crippen LogP contribution in [0, 0.1) is 0 Å². The number of amides is 4. The molecule has 13 nitrogen and oxygen atoms in total. The molecule has 0 bridgehead atoms. The van der Waals surface area contributed by atoms with Gasteiger partial charge in [0.25, 0.3) is 0 Å². The van der Waals surface area contributed by atoms with Crippen molar-refractivity contribution in [3.63, 3.8) is 0 Å². The van der Waals surface area contributed by atoms with Crippen molar-refractivity contribution in [2.24, 2.45) is 5.73 Å². The van der Waals surface area contributed by atoms with Gasteiger partial charge in [-0.15, -0.1) is 0 Å². The maximum atomic E-state index is 12.5. The molecule has 0 aromatic heterocycles. The molecule has 0 aliphatic carbocycles. The predicted octanol–water partition coefficient (Wildman–Crippen LogP) is 0.456. The van der Waals surface area contributed by atoms with Gasteiger partial charge in [-0.3, -0.25) is 19.2 Å². The SMILES string of the molecule is CCCCCCCCCCCCCC(=O)NCC(=O)NC(CO)C(=O)NC(CO)C(=O)NC(CCCCN)C(=O)O. The number of rotatable bonds is 26. The third-order valence-electron chi connectivity index (χ3n) is 6.66. The van der Waals surface area contributed by atoms with E-state index in [0.717, 1.165) is 19.3 Å². The van der Waals surface area contributed by atoms with E-state index in [1.807, 2.05) is 0 Å². The van der Waals surface area contributed by atoms with Crippen LogP contribution in [0.15, 0.2) is 0 Å². The lowest BCUT2D eigenvalue weighted by Gasteiger charge is -2.22. The fraction of sp³-hybridized carbons (Fsp3) is 0.821. The Morgan fingerprint density at radius 3 is 1.61 bits per heavy atom. The van der Waals surface area contributed by atoms with Crippen molar-refractivity contribution in [2.75, 3.05) is 26.3 Å². The summed E-state index contributed by atoms with van der Waals surface area (Å²) in [7, 11) is 0. The molecule has 0 heterocycles. The van der Waals surface area contributed by atoms with Crippen molar-refractivity contribution in [1.82, 2.24) is 21.3 Å². The number of nitrogens with two attached hydrogens (primary N) is 1. The van der Waals surface area contributed by atoms with Gasteiger partial charge in [0.15, 0.2) is 0 Å². The highest BCUT2D eigenvalue weighted by Crippen LogP contribution is 2.11. The van der Waals surface area contributed by atoms with Crippen molar-refractivity contribution in [3.8, 4) is 0 Å². The monoisotopic (exact) mass is 587 g/mol. The number of carbonyl (C=O) groups excluding carboxylic acids is 4. The molecular weight excluding hydrogens is 534 g/mol. The summed E-state index contributed by atoms with van der Waals surface area (Å²) in [6.07, 6.45) is 14.2. The lowest BCUT2D eigenvalue weighted by atomic mass is 10.1.